The van der Waals surface area contributed by atoms with Crippen LogP contribution in [0.4, 0.5) is 5.88 Å². The number of methoxy groups -OCH3 is 1. The molecule has 3 rings (SSSR count). The number of hydrogen-bond donors (Lipinski definition) is 1. The van der Waals surface area contributed by atoms with E-state index >= 15 is 0 Å². The van der Waals surface area contributed by atoms with Gasteiger partial charge in [-0.3, -0.25) is 0 Å². The van der Waals surface area contributed by atoms with Crippen LogP contribution >= 0.6 is 0 Å². The van der Waals surface area contributed by atoms with Gasteiger partial charge in [0, 0.05) is 18.3 Å². The zero-order valence-electron chi connectivity index (χ0n) is 12.1. The first-order valence-electron chi connectivity index (χ1n) is 6.55. The van der Waals surface area contributed by atoms with Gasteiger partial charge in [0.2, 0.25) is 5.88 Å². The molecule has 0 unspecified atom stereocenters. The van der Waals surface area contributed by atoms with Gasteiger partial charge >= 0.3 is 0 Å². The van der Waals surface area contributed by atoms with Crippen LogP contribution in [0.3, 0.4) is 0 Å². The van der Waals surface area contributed by atoms with Crippen LogP contribution in [0.1, 0.15) is 11.5 Å². The molecule has 0 saturated heterocycles. The largest absolute Gasteiger partial charge is 0.497 e. The zero-order valence-corrected chi connectivity index (χ0v) is 12.1. The summed E-state index contributed by atoms with van der Waals surface area (Å²) in [6, 6.07) is 9.23. The summed E-state index contributed by atoms with van der Waals surface area (Å²) in [5.74, 6) is 1.90. The molecule has 8 heteroatoms. The minimum atomic E-state index is 0.553. The minimum Gasteiger partial charge on any atom is -0.497 e. The van der Waals surface area contributed by atoms with Crippen LogP contribution in [0.15, 0.2) is 41.1 Å². The van der Waals surface area contributed by atoms with E-state index in [1.165, 1.54) is 0 Å². The molecule has 112 valence electrons. The van der Waals surface area contributed by atoms with E-state index in [2.05, 4.69) is 26.0 Å². The summed E-state index contributed by atoms with van der Waals surface area (Å²) in [7, 11) is 1.62. The maximum Gasteiger partial charge on any atom is 0.228 e. The van der Waals surface area contributed by atoms with Crippen LogP contribution in [-0.4, -0.2) is 32.5 Å². The lowest BCUT2D eigenvalue weighted by Crippen LogP contribution is -2.00. The molecule has 0 aliphatic rings. The van der Waals surface area contributed by atoms with Gasteiger partial charge in [-0.2, -0.15) is 4.68 Å². The molecule has 1 N–H and O–H groups in total. The standard InChI is InChI=1S/C14H14N6O2/c1-10-9-14(22-17-10)15-8-7-13-16-18-19-20(13)11-3-5-12(21-2)6-4-11/h3-9,15H,1-2H3. The van der Waals surface area contributed by atoms with E-state index in [0.717, 1.165) is 17.1 Å². The van der Waals surface area contributed by atoms with E-state index in [-0.39, 0.29) is 0 Å². The van der Waals surface area contributed by atoms with Crippen molar-refractivity contribution in [2.45, 2.75) is 6.92 Å². The molecule has 0 bridgehead atoms. The summed E-state index contributed by atoms with van der Waals surface area (Å²) < 4.78 is 11.8. The van der Waals surface area contributed by atoms with Gasteiger partial charge in [-0.05, 0) is 41.6 Å². The maximum atomic E-state index is 5.13. The molecule has 0 amide bonds. The van der Waals surface area contributed by atoms with Crippen LogP contribution in [0.2, 0.25) is 0 Å². The summed E-state index contributed by atoms with van der Waals surface area (Å²) in [6.07, 6.45) is 3.42. The third-order valence-electron chi connectivity index (χ3n) is 2.90. The normalized spacial score (nSPS) is 11.0. The first kappa shape index (κ1) is 13.8. The second kappa shape index (κ2) is 6.08. The van der Waals surface area contributed by atoms with Gasteiger partial charge in [-0.1, -0.05) is 5.16 Å². The summed E-state index contributed by atoms with van der Waals surface area (Å²) in [4.78, 5) is 0. The summed E-state index contributed by atoms with van der Waals surface area (Å²) in [5, 5.41) is 18.4. The lowest BCUT2D eigenvalue weighted by molar-refractivity contribution is 0.414. The third-order valence-corrected chi connectivity index (χ3v) is 2.90. The highest BCUT2D eigenvalue weighted by Gasteiger charge is 2.05. The van der Waals surface area contributed by atoms with Crippen LogP contribution in [0.25, 0.3) is 11.8 Å². The molecule has 0 aliphatic carbocycles. The molecule has 0 aliphatic heterocycles. The van der Waals surface area contributed by atoms with Gasteiger partial charge in [0.05, 0.1) is 18.5 Å². The Kier molecular flexibility index (Phi) is 3.82. The van der Waals surface area contributed by atoms with E-state index < -0.39 is 0 Å². The number of tetrazole rings is 1. The second-order valence-corrected chi connectivity index (χ2v) is 4.46. The van der Waals surface area contributed by atoms with Gasteiger partial charge < -0.3 is 14.6 Å². The van der Waals surface area contributed by atoms with E-state index in [0.29, 0.717) is 11.7 Å². The molecule has 3 aromatic rings. The van der Waals surface area contributed by atoms with Crippen molar-refractivity contribution in [1.29, 1.82) is 0 Å². The van der Waals surface area contributed by atoms with Crippen LogP contribution in [0.5, 0.6) is 5.75 Å². The number of ether oxygens (including phenoxy) is 1. The highest BCUT2D eigenvalue weighted by atomic mass is 16.5. The molecule has 2 aromatic heterocycles. The average Bonchev–Trinajstić information content (AvgIpc) is 3.17. The van der Waals surface area contributed by atoms with Crippen LogP contribution in [0, 0.1) is 6.92 Å². The summed E-state index contributed by atoms with van der Waals surface area (Å²) in [6.45, 7) is 1.85. The van der Waals surface area contributed by atoms with E-state index in [1.54, 1.807) is 30.1 Å². The highest BCUT2D eigenvalue weighted by molar-refractivity contribution is 5.49. The fraction of sp³-hybridized carbons (Fsp3) is 0.143. The van der Waals surface area contributed by atoms with Gasteiger partial charge in [0.1, 0.15) is 5.75 Å². The lowest BCUT2D eigenvalue weighted by Gasteiger charge is -2.03. The number of aromatic nitrogens is 5. The van der Waals surface area contributed by atoms with Crippen LogP contribution in [-0.2, 0) is 0 Å². The number of benzene rings is 1. The first-order valence-corrected chi connectivity index (χ1v) is 6.55. The predicted octanol–water partition coefficient (Wildman–Crippen LogP) is 2.05. The Balaban J connectivity index is 1.76. The number of rotatable bonds is 5. The molecule has 0 saturated carbocycles. The number of nitrogens with zero attached hydrogens (tertiary/aromatic N) is 5. The molecule has 0 atom stereocenters. The fourth-order valence-corrected chi connectivity index (χ4v) is 1.84. The molecule has 2 heterocycles. The molecule has 1 aromatic carbocycles. The van der Waals surface area contributed by atoms with Crippen molar-refractivity contribution >= 4 is 12.0 Å². The summed E-state index contributed by atoms with van der Waals surface area (Å²) >= 11 is 0. The second-order valence-electron chi connectivity index (χ2n) is 4.46. The Labute approximate surface area is 126 Å². The molecule has 0 spiro atoms. The lowest BCUT2D eigenvalue weighted by atomic mass is 10.3. The fourth-order valence-electron chi connectivity index (χ4n) is 1.84. The Morgan fingerprint density at radius 1 is 1.27 bits per heavy atom. The molecular formula is C14H14N6O2. The smallest absolute Gasteiger partial charge is 0.228 e. The van der Waals surface area contributed by atoms with Crippen molar-refractivity contribution in [3.05, 3.63) is 48.1 Å². The van der Waals surface area contributed by atoms with E-state index in [4.69, 9.17) is 9.26 Å². The van der Waals surface area contributed by atoms with Crippen molar-refractivity contribution < 1.29 is 9.26 Å². The SMILES string of the molecule is COc1ccc(-n2nnnc2C=CNc2cc(C)no2)cc1. The van der Waals surface area contributed by atoms with E-state index in [1.807, 2.05) is 31.2 Å². The van der Waals surface area contributed by atoms with Gasteiger partial charge in [0.15, 0.2) is 5.82 Å². The van der Waals surface area contributed by atoms with Crippen LogP contribution < -0.4 is 10.1 Å². The van der Waals surface area contributed by atoms with Crippen molar-refractivity contribution in [3.63, 3.8) is 0 Å². The van der Waals surface area contributed by atoms with Crippen molar-refractivity contribution in [2.75, 3.05) is 12.4 Å². The van der Waals surface area contributed by atoms with Gasteiger partial charge in [-0.25, -0.2) is 0 Å². The Hall–Kier alpha value is -3.16. The Bertz CT molecular complexity index is 775. The Morgan fingerprint density at radius 3 is 2.77 bits per heavy atom. The molecular weight excluding hydrogens is 284 g/mol. The van der Waals surface area contributed by atoms with Gasteiger partial charge in [0.25, 0.3) is 0 Å². The highest BCUT2D eigenvalue weighted by Crippen LogP contribution is 2.15. The quantitative estimate of drug-likeness (QED) is 0.770. The molecule has 0 fully saturated rings. The zero-order chi connectivity index (χ0) is 15.4. The van der Waals surface area contributed by atoms with Crippen molar-refractivity contribution in [2.24, 2.45) is 0 Å². The monoisotopic (exact) mass is 298 g/mol. The van der Waals surface area contributed by atoms with Crippen molar-refractivity contribution in [1.82, 2.24) is 25.4 Å². The number of anilines is 1. The average molecular weight is 298 g/mol. The van der Waals surface area contributed by atoms with Gasteiger partial charge in [-0.15, -0.1) is 5.10 Å². The topological polar surface area (TPSA) is 90.9 Å². The molecule has 22 heavy (non-hydrogen) atoms. The molecule has 0 radical (unpaired) electrons. The Morgan fingerprint density at radius 2 is 2.09 bits per heavy atom. The first-order chi connectivity index (χ1) is 10.8. The van der Waals surface area contributed by atoms with Crippen molar-refractivity contribution in [3.8, 4) is 11.4 Å². The number of hydrogen-bond acceptors (Lipinski definition) is 7. The number of nitrogens with one attached hydrogen (secondary N) is 1. The predicted molar refractivity (Wildman–Crippen MR) is 79.6 cm³/mol. The third kappa shape index (κ3) is 2.95. The number of aryl methyl sites for hydroxylation is 1. The van der Waals surface area contributed by atoms with E-state index in [9.17, 15) is 0 Å². The maximum absolute atomic E-state index is 5.13. The molecule has 8 nitrogen and oxygen atoms in total. The minimum absolute atomic E-state index is 0.553. The summed E-state index contributed by atoms with van der Waals surface area (Å²) in [5.41, 5.74) is 1.64.